The van der Waals surface area contributed by atoms with Crippen molar-refractivity contribution in [3.63, 3.8) is 0 Å². The van der Waals surface area contributed by atoms with Crippen LogP contribution in [0.5, 0.6) is 0 Å². The van der Waals surface area contributed by atoms with E-state index in [-0.39, 0.29) is 17.7 Å². The molecular weight excluding hydrogens is 302 g/mol. The third-order valence-corrected chi connectivity index (χ3v) is 4.28. The van der Waals surface area contributed by atoms with Gasteiger partial charge in [-0.15, -0.1) is 0 Å². The van der Waals surface area contributed by atoms with Gasteiger partial charge >= 0.3 is 0 Å². The van der Waals surface area contributed by atoms with Crippen LogP contribution in [0.25, 0.3) is 0 Å². The Bertz CT molecular complexity index is 733. The summed E-state index contributed by atoms with van der Waals surface area (Å²) in [7, 11) is 3.98. The van der Waals surface area contributed by atoms with Crippen molar-refractivity contribution in [2.24, 2.45) is 0 Å². The topological polar surface area (TPSA) is 65.2 Å². The first-order chi connectivity index (χ1) is 11.3. The quantitative estimate of drug-likeness (QED) is 0.802. The Hall–Kier alpha value is -2.40. The average Bonchev–Trinajstić information content (AvgIpc) is 2.83. The van der Waals surface area contributed by atoms with Crippen LogP contribution in [-0.2, 0) is 0 Å². The van der Waals surface area contributed by atoms with Crippen molar-refractivity contribution in [3.05, 3.63) is 58.4 Å². The predicted octanol–water partition coefficient (Wildman–Crippen LogP) is 2.87. The number of hydrogen-bond acceptors (Lipinski definition) is 3. The number of aromatic amines is 1. The minimum atomic E-state index is -0.189. The Kier molecular flexibility index (Phi) is 5.57. The van der Waals surface area contributed by atoms with Gasteiger partial charge in [-0.05, 0) is 46.0 Å². The third-order valence-electron chi connectivity index (χ3n) is 4.28. The largest absolute Gasteiger partial charge is 0.354 e. The number of nitrogens with zero attached hydrogens (tertiary/aromatic N) is 1. The van der Waals surface area contributed by atoms with Gasteiger partial charge in [-0.1, -0.05) is 30.3 Å². The lowest BCUT2D eigenvalue weighted by Crippen LogP contribution is -2.35. The van der Waals surface area contributed by atoms with Gasteiger partial charge in [-0.2, -0.15) is 0 Å². The molecule has 2 N–H and O–H groups in total. The van der Waals surface area contributed by atoms with E-state index in [1.54, 1.807) is 6.92 Å². The van der Waals surface area contributed by atoms with Crippen molar-refractivity contribution in [2.45, 2.75) is 26.8 Å². The summed E-state index contributed by atoms with van der Waals surface area (Å²) in [5, 5.41) is 2.98. The number of amides is 1. The molecule has 1 aromatic heterocycles. The van der Waals surface area contributed by atoms with E-state index in [1.165, 1.54) is 6.92 Å². The molecule has 1 aromatic carbocycles. The van der Waals surface area contributed by atoms with Gasteiger partial charge in [-0.3, -0.25) is 9.59 Å². The molecule has 0 saturated heterocycles. The lowest BCUT2D eigenvalue weighted by molar-refractivity contribution is 0.0936. The molecule has 1 atom stereocenters. The molecule has 0 unspecified atom stereocenters. The molecule has 2 aromatic rings. The summed E-state index contributed by atoms with van der Waals surface area (Å²) >= 11 is 0. The Morgan fingerprint density at radius 1 is 1.17 bits per heavy atom. The maximum atomic E-state index is 12.5. The van der Waals surface area contributed by atoms with Crippen LogP contribution in [0.15, 0.2) is 30.3 Å². The van der Waals surface area contributed by atoms with Gasteiger partial charge in [0.05, 0.1) is 6.04 Å². The summed E-state index contributed by atoms with van der Waals surface area (Å²) in [5.74, 6) is -0.221. The highest BCUT2D eigenvalue weighted by atomic mass is 16.2. The summed E-state index contributed by atoms with van der Waals surface area (Å²) in [6.07, 6.45) is 0. The van der Waals surface area contributed by atoms with Crippen LogP contribution in [0.1, 0.15) is 50.6 Å². The van der Waals surface area contributed by atoms with Gasteiger partial charge in [0, 0.05) is 17.8 Å². The number of rotatable bonds is 6. The van der Waals surface area contributed by atoms with E-state index in [0.29, 0.717) is 23.4 Å². The SMILES string of the molecule is CC(=O)c1c(C)[nH]c(C(=O)NC[C@@H](c2ccccc2)N(C)C)c1C. The molecule has 0 saturated carbocycles. The van der Waals surface area contributed by atoms with Crippen molar-refractivity contribution in [3.8, 4) is 0 Å². The first-order valence-corrected chi connectivity index (χ1v) is 8.02. The van der Waals surface area contributed by atoms with E-state index < -0.39 is 0 Å². The number of ketones is 1. The molecule has 0 aliphatic carbocycles. The van der Waals surface area contributed by atoms with Crippen LogP contribution < -0.4 is 5.32 Å². The number of benzene rings is 1. The number of H-pyrrole nitrogens is 1. The van der Waals surface area contributed by atoms with Crippen LogP contribution in [-0.4, -0.2) is 42.2 Å². The minimum Gasteiger partial charge on any atom is -0.354 e. The fourth-order valence-electron chi connectivity index (χ4n) is 3.06. The second kappa shape index (κ2) is 7.45. The summed E-state index contributed by atoms with van der Waals surface area (Å²) < 4.78 is 0. The van der Waals surface area contributed by atoms with E-state index in [0.717, 1.165) is 11.3 Å². The van der Waals surface area contributed by atoms with E-state index in [2.05, 4.69) is 27.3 Å². The highest BCUT2D eigenvalue weighted by molar-refractivity contribution is 6.02. The summed E-state index contributed by atoms with van der Waals surface area (Å²) in [6.45, 7) is 5.62. The third kappa shape index (κ3) is 3.74. The summed E-state index contributed by atoms with van der Waals surface area (Å²) in [4.78, 5) is 29.4. The van der Waals surface area contributed by atoms with E-state index in [4.69, 9.17) is 0 Å². The maximum absolute atomic E-state index is 12.5. The van der Waals surface area contributed by atoms with Crippen LogP contribution in [0.4, 0.5) is 0 Å². The van der Waals surface area contributed by atoms with Gasteiger partial charge in [0.2, 0.25) is 0 Å². The average molecular weight is 327 g/mol. The first-order valence-electron chi connectivity index (χ1n) is 8.02. The molecule has 0 bridgehead atoms. The zero-order valence-electron chi connectivity index (χ0n) is 14.9. The number of carbonyl (C=O) groups excluding carboxylic acids is 2. The van der Waals surface area contributed by atoms with Crippen LogP contribution in [0, 0.1) is 13.8 Å². The van der Waals surface area contributed by atoms with Crippen LogP contribution >= 0.6 is 0 Å². The van der Waals surface area contributed by atoms with Gasteiger partial charge in [0.25, 0.3) is 5.91 Å². The van der Waals surface area contributed by atoms with Crippen molar-refractivity contribution in [1.29, 1.82) is 0 Å². The minimum absolute atomic E-state index is 0.0317. The summed E-state index contributed by atoms with van der Waals surface area (Å²) in [5.41, 5.74) is 3.65. The van der Waals surface area contributed by atoms with E-state index in [1.807, 2.05) is 39.2 Å². The Morgan fingerprint density at radius 3 is 2.29 bits per heavy atom. The van der Waals surface area contributed by atoms with Gasteiger partial charge in [0.15, 0.2) is 5.78 Å². The van der Waals surface area contributed by atoms with E-state index in [9.17, 15) is 9.59 Å². The smallest absolute Gasteiger partial charge is 0.268 e. The fourth-order valence-corrected chi connectivity index (χ4v) is 3.06. The number of likely N-dealkylation sites (N-methyl/N-ethyl adjacent to an activating group) is 1. The normalized spacial score (nSPS) is 12.2. The van der Waals surface area contributed by atoms with Crippen LogP contribution in [0.3, 0.4) is 0 Å². The molecule has 128 valence electrons. The molecule has 1 amide bonds. The molecule has 5 heteroatoms. The molecule has 0 spiro atoms. The monoisotopic (exact) mass is 327 g/mol. The van der Waals surface area contributed by atoms with Crippen molar-refractivity contribution < 1.29 is 9.59 Å². The van der Waals surface area contributed by atoms with Crippen molar-refractivity contribution >= 4 is 11.7 Å². The zero-order chi connectivity index (χ0) is 17.9. The molecule has 2 rings (SSSR count). The van der Waals surface area contributed by atoms with Gasteiger partial charge < -0.3 is 15.2 Å². The summed E-state index contributed by atoms with van der Waals surface area (Å²) in [6, 6.07) is 10.1. The molecular formula is C19H25N3O2. The lowest BCUT2D eigenvalue weighted by atomic mass is 10.1. The zero-order valence-corrected chi connectivity index (χ0v) is 14.9. The molecule has 0 radical (unpaired) electrons. The highest BCUT2D eigenvalue weighted by Crippen LogP contribution is 2.20. The van der Waals surface area contributed by atoms with Crippen molar-refractivity contribution in [1.82, 2.24) is 15.2 Å². The number of nitrogens with one attached hydrogen (secondary N) is 2. The highest BCUT2D eigenvalue weighted by Gasteiger charge is 2.21. The lowest BCUT2D eigenvalue weighted by Gasteiger charge is -2.25. The predicted molar refractivity (Wildman–Crippen MR) is 95.5 cm³/mol. The van der Waals surface area contributed by atoms with Crippen molar-refractivity contribution in [2.75, 3.05) is 20.6 Å². The second-order valence-electron chi connectivity index (χ2n) is 6.28. The Balaban J connectivity index is 2.15. The number of hydrogen-bond donors (Lipinski definition) is 2. The Labute approximate surface area is 143 Å². The number of carbonyl (C=O) groups is 2. The molecule has 1 heterocycles. The molecule has 24 heavy (non-hydrogen) atoms. The van der Waals surface area contributed by atoms with Gasteiger partial charge in [0.1, 0.15) is 5.69 Å². The molecule has 5 nitrogen and oxygen atoms in total. The fraction of sp³-hybridized carbons (Fsp3) is 0.368. The maximum Gasteiger partial charge on any atom is 0.268 e. The number of aryl methyl sites for hydroxylation is 1. The molecule has 0 aliphatic rings. The first kappa shape index (κ1) is 17.9. The van der Waals surface area contributed by atoms with E-state index >= 15 is 0 Å². The molecule has 0 fully saturated rings. The Morgan fingerprint density at radius 2 is 1.79 bits per heavy atom. The standard InChI is InChI=1S/C19H25N3O2/c1-12-17(14(3)23)13(2)21-18(12)19(24)20-11-16(22(4)5)15-9-7-6-8-10-15/h6-10,16,21H,11H2,1-5H3,(H,20,24)/t16-/m0/s1. The second-order valence-corrected chi connectivity index (χ2v) is 6.28. The molecule has 0 aliphatic heterocycles. The van der Waals surface area contributed by atoms with Crippen LogP contribution in [0.2, 0.25) is 0 Å². The number of aromatic nitrogens is 1. The van der Waals surface area contributed by atoms with Gasteiger partial charge in [-0.25, -0.2) is 0 Å². The number of Topliss-reactive ketones (excluding diaryl/α,β-unsaturated/α-hetero) is 1.